The van der Waals surface area contributed by atoms with E-state index in [0.717, 1.165) is 35.5 Å². The lowest BCUT2D eigenvalue weighted by atomic mass is 9.97. The summed E-state index contributed by atoms with van der Waals surface area (Å²) in [5.41, 5.74) is 17.4. The van der Waals surface area contributed by atoms with Crippen LogP contribution in [0.3, 0.4) is 0 Å². The van der Waals surface area contributed by atoms with Crippen molar-refractivity contribution < 1.29 is 14.3 Å². The predicted octanol–water partition coefficient (Wildman–Crippen LogP) is 3.40. The average Bonchev–Trinajstić information content (AvgIpc) is 3.36. The van der Waals surface area contributed by atoms with Gasteiger partial charge in [-0.15, -0.1) is 0 Å². The number of carbonyl (C=O) groups is 2. The number of ether oxygens (including phenoxy) is 1. The first-order chi connectivity index (χ1) is 16.4. The summed E-state index contributed by atoms with van der Waals surface area (Å²) in [6.45, 7) is 5.79. The van der Waals surface area contributed by atoms with Crippen LogP contribution in [0, 0.1) is 13.8 Å². The maximum Gasteiger partial charge on any atom is 0.343 e. The molecule has 3 aromatic carbocycles. The normalized spacial score (nSPS) is 14.6. The van der Waals surface area contributed by atoms with E-state index in [2.05, 4.69) is 16.2 Å². The molecule has 0 spiro atoms. The standard InChI is InChI=1S/C27H30N4O3/c1-17-3-12-24(18(2)13-17)27(33)34-23-10-6-20(7-11-23)25(14-28)26(32)31-22-8-4-19(5-9-22)21-15-29-30-16-21/h3-13,21,25,29-30H,14-16,28H2,1-2H3,(H,31,32). The molecule has 7 nitrogen and oxygen atoms in total. The Hall–Kier alpha value is -3.52. The molecular weight excluding hydrogens is 428 g/mol. The highest BCUT2D eigenvalue weighted by atomic mass is 16.5. The number of benzene rings is 3. The Balaban J connectivity index is 1.39. The van der Waals surface area contributed by atoms with Crippen LogP contribution in [0.15, 0.2) is 66.7 Å². The van der Waals surface area contributed by atoms with Gasteiger partial charge in [0.05, 0.1) is 11.5 Å². The molecule has 0 aromatic heterocycles. The lowest BCUT2D eigenvalue weighted by Crippen LogP contribution is -2.27. The number of hydrogen-bond acceptors (Lipinski definition) is 6. The number of nitrogens with one attached hydrogen (secondary N) is 3. The third-order valence-corrected chi connectivity index (χ3v) is 6.12. The quantitative estimate of drug-likeness (QED) is 0.320. The number of rotatable bonds is 7. The van der Waals surface area contributed by atoms with E-state index >= 15 is 0 Å². The first kappa shape index (κ1) is 23.6. The molecule has 176 valence electrons. The lowest BCUT2D eigenvalue weighted by molar-refractivity contribution is -0.117. The maximum absolute atomic E-state index is 12.9. The molecule has 0 radical (unpaired) electrons. The Kier molecular flexibility index (Phi) is 7.37. The molecular formula is C27H30N4O3. The number of hydrogen-bond donors (Lipinski definition) is 4. The number of hydrazine groups is 1. The Morgan fingerprint density at radius 1 is 1.00 bits per heavy atom. The second-order valence-corrected chi connectivity index (χ2v) is 8.64. The van der Waals surface area contributed by atoms with Gasteiger partial charge in [0.15, 0.2) is 0 Å². The SMILES string of the molecule is Cc1ccc(C(=O)Oc2ccc(C(CN)C(=O)Nc3ccc(C4CNNC4)cc3)cc2)c(C)c1. The topological polar surface area (TPSA) is 105 Å². The van der Waals surface area contributed by atoms with Crippen molar-refractivity contribution in [3.05, 3.63) is 94.5 Å². The van der Waals surface area contributed by atoms with Crippen LogP contribution in [-0.2, 0) is 4.79 Å². The average molecular weight is 459 g/mol. The van der Waals surface area contributed by atoms with Crippen molar-refractivity contribution in [1.82, 2.24) is 10.9 Å². The van der Waals surface area contributed by atoms with Crippen molar-refractivity contribution in [3.8, 4) is 5.75 Å². The van der Waals surface area contributed by atoms with Gasteiger partial charge in [-0.25, -0.2) is 4.79 Å². The van der Waals surface area contributed by atoms with Crippen molar-refractivity contribution in [3.63, 3.8) is 0 Å². The Morgan fingerprint density at radius 3 is 2.29 bits per heavy atom. The summed E-state index contributed by atoms with van der Waals surface area (Å²) in [5.74, 6) is -0.280. The summed E-state index contributed by atoms with van der Waals surface area (Å²) in [6.07, 6.45) is 0. The van der Waals surface area contributed by atoms with Gasteiger partial charge in [-0.3, -0.25) is 15.6 Å². The zero-order valence-corrected chi connectivity index (χ0v) is 19.4. The van der Waals surface area contributed by atoms with Crippen LogP contribution in [-0.4, -0.2) is 31.5 Å². The third kappa shape index (κ3) is 5.51. The number of anilines is 1. The molecule has 34 heavy (non-hydrogen) atoms. The van der Waals surface area contributed by atoms with Crippen molar-refractivity contribution in [2.45, 2.75) is 25.7 Å². The molecule has 0 aliphatic carbocycles. The Morgan fingerprint density at radius 2 is 1.68 bits per heavy atom. The van der Waals surface area contributed by atoms with Gasteiger partial charge in [-0.05, 0) is 60.9 Å². The second kappa shape index (κ2) is 10.6. The summed E-state index contributed by atoms with van der Waals surface area (Å²) in [5, 5.41) is 2.95. The van der Waals surface area contributed by atoms with Crippen molar-refractivity contribution in [1.29, 1.82) is 0 Å². The molecule has 1 fully saturated rings. The second-order valence-electron chi connectivity index (χ2n) is 8.64. The Labute approximate surface area is 199 Å². The molecule has 1 unspecified atom stereocenters. The fraction of sp³-hybridized carbons (Fsp3) is 0.259. The van der Waals surface area contributed by atoms with Crippen LogP contribution < -0.4 is 26.6 Å². The largest absolute Gasteiger partial charge is 0.423 e. The van der Waals surface area contributed by atoms with Gasteiger partial charge in [0.25, 0.3) is 0 Å². The first-order valence-corrected chi connectivity index (χ1v) is 11.4. The minimum absolute atomic E-state index is 0.158. The molecule has 1 heterocycles. The van der Waals surface area contributed by atoms with Gasteiger partial charge in [-0.2, -0.15) is 0 Å². The van der Waals surface area contributed by atoms with Crippen molar-refractivity contribution in [2.24, 2.45) is 5.73 Å². The van der Waals surface area contributed by atoms with Gasteiger partial charge in [0.2, 0.25) is 5.91 Å². The van der Waals surface area contributed by atoms with Crippen LogP contribution in [0.25, 0.3) is 0 Å². The van der Waals surface area contributed by atoms with E-state index in [1.165, 1.54) is 5.56 Å². The molecule has 3 aromatic rings. The fourth-order valence-corrected chi connectivity index (χ4v) is 4.13. The summed E-state index contributed by atoms with van der Waals surface area (Å²) in [4.78, 5) is 25.4. The minimum Gasteiger partial charge on any atom is -0.423 e. The van der Waals surface area contributed by atoms with Crippen LogP contribution in [0.5, 0.6) is 5.75 Å². The lowest BCUT2D eigenvalue weighted by Gasteiger charge is -2.16. The first-order valence-electron chi connectivity index (χ1n) is 11.4. The van der Waals surface area contributed by atoms with Crippen LogP contribution in [0.2, 0.25) is 0 Å². The van der Waals surface area contributed by atoms with E-state index in [1.807, 2.05) is 50.2 Å². The molecule has 1 aliphatic rings. The summed E-state index contributed by atoms with van der Waals surface area (Å²) in [7, 11) is 0. The minimum atomic E-state index is -0.521. The number of amides is 1. The van der Waals surface area contributed by atoms with Crippen LogP contribution in [0.1, 0.15) is 44.4 Å². The third-order valence-electron chi connectivity index (χ3n) is 6.12. The summed E-state index contributed by atoms with van der Waals surface area (Å²) < 4.78 is 5.52. The monoisotopic (exact) mass is 458 g/mol. The number of nitrogens with two attached hydrogens (primary N) is 1. The van der Waals surface area contributed by atoms with E-state index in [1.54, 1.807) is 30.3 Å². The number of carbonyl (C=O) groups excluding carboxylic acids is 2. The van der Waals surface area contributed by atoms with E-state index in [0.29, 0.717) is 17.2 Å². The predicted molar refractivity (Wildman–Crippen MR) is 133 cm³/mol. The van der Waals surface area contributed by atoms with Gasteiger partial charge in [0, 0.05) is 31.2 Å². The molecule has 5 N–H and O–H groups in total. The molecule has 7 heteroatoms. The van der Waals surface area contributed by atoms with Crippen LogP contribution >= 0.6 is 0 Å². The zero-order chi connectivity index (χ0) is 24.1. The highest BCUT2D eigenvalue weighted by Crippen LogP contribution is 2.24. The van der Waals surface area contributed by atoms with Gasteiger partial charge < -0.3 is 15.8 Å². The van der Waals surface area contributed by atoms with E-state index in [4.69, 9.17) is 10.5 Å². The highest BCUT2D eigenvalue weighted by molar-refractivity contribution is 5.96. The zero-order valence-electron chi connectivity index (χ0n) is 19.4. The van der Waals surface area contributed by atoms with E-state index in [-0.39, 0.29) is 12.5 Å². The van der Waals surface area contributed by atoms with Crippen molar-refractivity contribution >= 4 is 17.6 Å². The number of esters is 1. The van der Waals surface area contributed by atoms with Crippen LogP contribution in [0.4, 0.5) is 5.69 Å². The summed E-state index contributed by atoms with van der Waals surface area (Å²) >= 11 is 0. The molecule has 1 amide bonds. The van der Waals surface area contributed by atoms with Crippen molar-refractivity contribution in [2.75, 3.05) is 25.0 Å². The fourth-order valence-electron chi connectivity index (χ4n) is 4.13. The van der Waals surface area contributed by atoms with Gasteiger partial charge >= 0.3 is 5.97 Å². The van der Waals surface area contributed by atoms with Gasteiger partial charge in [0.1, 0.15) is 5.75 Å². The van der Waals surface area contributed by atoms with Gasteiger partial charge in [-0.1, -0.05) is 42.0 Å². The van der Waals surface area contributed by atoms with E-state index < -0.39 is 11.9 Å². The smallest absolute Gasteiger partial charge is 0.343 e. The Bertz CT molecular complexity index is 1150. The highest BCUT2D eigenvalue weighted by Gasteiger charge is 2.21. The molecule has 0 bridgehead atoms. The molecule has 4 rings (SSSR count). The maximum atomic E-state index is 12.9. The molecule has 1 atom stereocenters. The number of aryl methyl sites for hydroxylation is 2. The molecule has 1 saturated heterocycles. The molecule has 1 aliphatic heterocycles. The molecule has 0 saturated carbocycles. The van der Waals surface area contributed by atoms with E-state index in [9.17, 15) is 9.59 Å². The summed E-state index contributed by atoms with van der Waals surface area (Å²) in [6, 6.07) is 20.4.